The topological polar surface area (TPSA) is 205 Å². The van der Waals surface area contributed by atoms with Crippen molar-refractivity contribution in [2.45, 2.75) is 76.0 Å². The molecule has 0 aliphatic carbocycles. The van der Waals surface area contributed by atoms with Crippen LogP contribution >= 0.6 is 0 Å². The molecule has 0 spiro atoms. The van der Waals surface area contributed by atoms with Crippen LogP contribution in [0.2, 0.25) is 0 Å². The highest BCUT2D eigenvalue weighted by molar-refractivity contribution is 5.68. The Kier molecular flexibility index (Phi) is 9.79. The molecule has 0 unspecified atom stereocenters. The van der Waals surface area contributed by atoms with Gasteiger partial charge in [-0.3, -0.25) is 14.4 Å². The maximum atomic E-state index is 11.8. The van der Waals surface area contributed by atoms with Crippen molar-refractivity contribution in [1.29, 1.82) is 0 Å². The summed E-state index contributed by atoms with van der Waals surface area (Å²) in [6, 6.07) is -1.39. The van der Waals surface area contributed by atoms with Gasteiger partial charge in [-0.15, -0.1) is 0 Å². The number of methoxy groups -OCH3 is 1. The molecule has 0 aromatic carbocycles. The maximum Gasteiger partial charge on any atom is 0.303 e. The van der Waals surface area contributed by atoms with Gasteiger partial charge in [0.2, 0.25) is 0 Å². The van der Waals surface area contributed by atoms with Crippen molar-refractivity contribution in [1.82, 2.24) is 0 Å². The minimum absolute atomic E-state index is 0.426. The number of carbonyl (C=O) groups is 3. The predicted molar refractivity (Wildman–Crippen MR) is 103 cm³/mol. The third-order valence-electron chi connectivity index (χ3n) is 4.85. The highest BCUT2D eigenvalue weighted by Crippen LogP contribution is 2.33. The quantitative estimate of drug-likeness (QED) is 0.134. The van der Waals surface area contributed by atoms with Gasteiger partial charge in [0.1, 0.15) is 37.1 Å². The van der Waals surface area contributed by atoms with Gasteiger partial charge in [-0.2, -0.15) is 0 Å². The first kappa shape index (κ1) is 26.7. The fourth-order valence-corrected chi connectivity index (χ4v) is 3.52. The van der Waals surface area contributed by atoms with Gasteiger partial charge < -0.3 is 43.4 Å². The van der Waals surface area contributed by atoms with Crippen LogP contribution in [0.15, 0.2) is 5.11 Å². The Morgan fingerprint density at radius 2 is 1.58 bits per heavy atom. The van der Waals surface area contributed by atoms with E-state index < -0.39 is 86.4 Å². The Labute approximate surface area is 188 Å². The highest BCUT2D eigenvalue weighted by Gasteiger charge is 2.54. The lowest BCUT2D eigenvalue weighted by Gasteiger charge is -2.44. The van der Waals surface area contributed by atoms with Gasteiger partial charge in [0.15, 0.2) is 24.8 Å². The maximum absolute atomic E-state index is 11.8. The number of hydrogen-bond acceptors (Lipinski definition) is 13. The zero-order chi connectivity index (χ0) is 24.7. The zero-order valence-corrected chi connectivity index (χ0v) is 18.4. The number of nitrogens with zero attached hydrogens (tertiary/aromatic N) is 3. The van der Waals surface area contributed by atoms with Gasteiger partial charge >= 0.3 is 17.9 Å². The van der Waals surface area contributed by atoms with Crippen LogP contribution in [-0.4, -0.2) is 104 Å². The normalized spacial score (nSPS) is 35.9. The van der Waals surface area contributed by atoms with Crippen LogP contribution in [-0.2, 0) is 47.5 Å². The van der Waals surface area contributed by atoms with Crippen LogP contribution in [0.5, 0.6) is 0 Å². The number of rotatable bonds is 9. The second-order valence-corrected chi connectivity index (χ2v) is 7.24. The van der Waals surface area contributed by atoms with E-state index >= 15 is 0 Å². The van der Waals surface area contributed by atoms with Crippen molar-refractivity contribution in [2.75, 3.05) is 20.3 Å². The lowest BCUT2D eigenvalue weighted by atomic mass is 9.96. The fraction of sp³-hybridized carbons (Fsp3) is 0.833. The summed E-state index contributed by atoms with van der Waals surface area (Å²) in [6.45, 7) is 2.37. The van der Waals surface area contributed by atoms with Crippen LogP contribution in [0, 0.1) is 0 Å². The number of esters is 3. The van der Waals surface area contributed by atoms with Crippen LogP contribution < -0.4 is 0 Å². The predicted octanol–water partition coefficient (Wildman–Crippen LogP) is -1.07. The first-order valence-corrected chi connectivity index (χ1v) is 9.93. The van der Waals surface area contributed by atoms with Crippen molar-refractivity contribution < 1.29 is 57.8 Å². The first-order valence-electron chi connectivity index (χ1n) is 9.93. The molecule has 33 heavy (non-hydrogen) atoms. The molecular weight excluding hydrogens is 450 g/mol. The summed E-state index contributed by atoms with van der Waals surface area (Å²) in [5.74, 6) is -2.22. The second-order valence-electron chi connectivity index (χ2n) is 7.24. The molecule has 9 atom stereocenters. The minimum Gasteiger partial charge on any atom is -0.463 e. The Bertz CT molecular complexity index is 758. The van der Waals surface area contributed by atoms with Crippen LogP contribution in [0.4, 0.5) is 0 Å². The molecule has 0 saturated carbocycles. The smallest absolute Gasteiger partial charge is 0.303 e. The number of hydrogen-bond donors (Lipinski definition) is 2. The Morgan fingerprint density at radius 1 is 0.970 bits per heavy atom. The average molecular weight is 477 g/mol. The van der Waals surface area contributed by atoms with E-state index in [1.54, 1.807) is 0 Å². The average Bonchev–Trinajstić information content (AvgIpc) is 3.04. The van der Waals surface area contributed by atoms with Gasteiger partial charge in [0, 0.05) is 32.8 Å². The van der Waals surface area contributed by atoms with E-state index in [9.17, 15) is 24.6 Å². The second kappa shape index (κ2) is 12.1. The molecule has 0 radical (unpaired) electrons. The summed E-state index contributed by atoms with van der Waals surface area (Å²) < 4.78 is 37.6. The van der Waals surface area contributed by atoms with Crippen LogP contribution in [0.3, 0.4) is 0 Å². The molecule has 0 aromatic rings. The van der Waals surface area contributed by atoms with Crippen LogP contribution in [0.25, 0.3) is 10.4 Å². The van der Waals surface area contributed by atoms with Gasteiger partial charge in [0.05, 0.1) is 6.61 Å². The summed E-state index contributed by atoms with van der Waals surface area (Å²) in [4.78, 5) is 37.5. The van der Waals surface area contributed by atoms with Gasteiger partial charge in [-0.1, -0.05) is 5.11 Å². The number of aliphatic hydroxyl groups is 2. The molecule has 0 amide bonds. The van der Waals surface area contributed by atoms with Crippen molar-refractivity contribution in [3.05, 3.63) is 10.4 Å². The Morgan fingerprint density at radius 3 is 2.09 bits per heavy atom. The van der Waals surface area contributed by atoms with E-state index in [1.165, 1.54) is 7.11 Å². The minimum atomic E-state index is -1.49. The molecule has 2 heterocycles. The largest absolute Gasteiger partial charge is 0.463 e. The number of carbonyl (C=O) groups excluding carboxylic acids is 3. The molecule has 15 nitrogen and oxygen atoms in total. The molecular formula is C18H27N3O12. The molecule has 2 saturated heterocycles. The number of ether oxygens (including phenoxy) is 7. The van der Waals surface area contributed by atoms with E-state index in [1.807, 2.05) is 0 Å². The molecule has 0 aromatic heterocycles. The van der Waals surface area contributed by atoms with Gasteiger partial charge in [0.25, 0.3) is 0 Å². The lowest BCUT2D eigenvalue weighted by molar-refractivity contribution is -0.300. The fourth-order valence-electron chi connectivity index (χ4n) is 3.52. The zero-order valence-electron chi connectivity index (χ0n) is 18.4. The van der Waals surface area contributed by atoms with E-state index in [-0.39, 0.29) is 0 Å². The van der Waals surface area contributed by atoms with Crippen LogP contribution in [0.1, 0.15) is 20.8 Å². The monoisotopic (exact) mass is 477 g/mol. The van der Waals surface area contributed by atoms with Crippen molar-refractivity contribution in [3.63, 3.8) is 0 Å². The lowest BCUT2D eigenvalue weighted by Crippen LogP contribution is -2.62. The van der Waals surface area contributed by atoms with Gasteiger partial charge in [-0.25, -0.2) is 0 Å². The molecule has 2 aliphatic heterocycles. The summed E-state index contributed by atoms with van der Waals surface area (Å²) in [7, 11) is 1.28. The molecule has 2 fully saturated rings. The summed E-state index contributed by atoms with van der Waals surface area (Å²) >= 11 is 0. The number of aliphatic hydroxyl groups excluding tert-OH is 2. The molecule has 186 valence electrons. The van der Waals surface area contributed by atoms with E-state index in [2.05, 4.69) is 10.0 Å². The molecule has 2 aliphatic rings. The Hall–Kier alpha value is -2.52. The first-order chi connectivity index (χ1) is 15.6. The van der Waals surface area contributed by atoms with E-state index in [4.69, 9.17) is 38.7 Å². The summed E-state index contributed by atoms with van der Waals surface area (Å²) in [6.07, 6.45) is -10.1. The highest BCUT2D eigenvalue weighted by atomic mass is 16.8. The summed E-state index contributed by atoms with van der Waals surface area (Å²) in [5.41, 5.74) is 9.09. The summed E-state index contributed by atoms with van der Waals surface area (Å²) in [5, 5.41) is 23.4. The third kappa shape index (κ3) is 6.74. The standard InChI is InChI=1S/C18H27N3O12/c1-7(23)28-6-11-14(29-8(2)24)15(30-9(3)25)12(20-21-19)17(32-11)33-16-13(26)10(5-22)31-18(16)27-4/h10-18,22,26H,5-6H2,1-4H3/t10-,11-,12-,13-,14+,15-,16+,17-,18+/m1/s1. The molecule has 15 heteroatoms. The van der Waals surface area contributed by atoms with E-state index in [0.717, 1.165) is 20.8 Å². The van der Waals surface area contributed by atoms with Crippen molar-refractivity contribution in [3.8, 4) is 0 Å². The van der Waals surface area contributed by atoms with Crippen molar-refractivity contribution in [2.24, 2.45) is 5.11 Å². The Balaban J connectivity index is 2.42. The van der Waals surface area contributed by atoms with E-state index in [0.29, 0.717) is 0 Å². The molecule has 2 N–H and O–H groups in total. The van der Waals surface area contributed by atoms with Crippen molar-refractivity contribution >= 4 is 17.9 Å². The number of azide groups is 1. The van der Waals surface area contributed by atoms with Gasteiger partial charge in [-0.05, 0) is 5.53 Å². The molecule has 0 bridgehead atoms. The SMILES string of the molecule is CO[C@H]1O[C@H](CO)[C@@H](O)[C@@H]1O[C@H]1O[C@H](COC(C)=O)[C@H](OC(C)=O)[C@H](OC(C)=O)[C@H]1N=[N+]=[N-]. The molecule has 2 rings (SSSR count). The third-order valence-corrected chi connectivity index (χ3v) is 4.85.